The summed E-state index contributed by atoms with van der Waals surface area (Å²) in [5, 5.41) is 0. The molecule has 0 unspecified atom stereocenters. The van der Waals surface area contributed by atoms with E-state index in [0.717, 1.165) is 37.4 Å². The molecule has 2 aromatic rings. The number of rotatable bonds is 6. The Hall–Kier alpha value is -2.20. The van der Waals surface area contributed by atoms with E-state index in [1.54, 1.807) is 6.20 Å². The minimum atomic E-state index is 0.140. The molecule has 2 aliphatic rings. The molecule has 1 aromatic carbocycles. The number of benzene rings is 1. The lowest BCUT2D eigenvalue weighted by molar-refractivity contribution is -0.130. The van der Waals surface area contributed by atoms with Gasteiger partial charge in [0.2, 0.25) is 5.91 Å². The number of likely N-dealkylation sites (tertiary alicyclic amines) is 1. The van der Waals surface area contributed by atoms with Crippen LogP contribution in [0.15, 0.2) is 54.7 Å². The summed E-state index contributed by atoms with van der Waals surface area (Å²) in [5.74, 6) is 0.820. The molecule has 26 heavy (non-hydrogen) atoms. The van der Waals surface area contributed by atoms with E-state index in [0.29, 0.717) is 18.9 Å². The Balaban J connectivity index is 1.36. The van der Waals surface area contributed by atoms with Crippen LogP contribution in [0, 0.1) is 11.3 Å². The van der Waals surface area contributed by atoms with E-state index < -0.39 is 0 Å². The van der Waals surface area contributed by atoms with Crippen molar-refractivity contribution in [3.05, 3.63) is 66.0 Å². The molecular weight excluding hydrogens is 324 g/mol. The Morgan fingerprint density at radius 2 is 2.04 bits per heavy atom. The second-order valence-electron chi connectivity index (χ2n) is 7.70. The molecule has 4 heteroatoms. The summed E-state index contributed by atoms with van der Waals surface area (Å²) in [4.78, 5) is 19.2. The molecule has 1 saturated carbocycles. The molecule has 4 rings (SSSR count). The highest BCUT2D eigenvalue weighted by atomic mass is 16.5. The zero-order chi connectivity index (χ0) is 17.8. The number of hydrogen-bond acceptors (Lipinski definition) is 3. The Kier molecular flexibility index (Phi) is 5.02. The van der Waals surface area contributed by atoms with E-state index in [1.165, 1.54) is 12.8 Å². The molecule has 1 saturated heterocycles. The average Bonchev–Trinajstić information content (AvgIpc) is 3.21. The number of carbonyl (C=O) groups is 1. The van der Waals surface area contributed by atoms with E-state index in [-0.39, 0.29) is 11.3 Å². The van der Waals surface area contributed by atoms with Gasteiger partial charge in [-0.25, -0.2) is 0 Å². The molecule has 2 heterocycles. The Bertz CT molecular complexity index is 734. The van der Waals surface area contributed by atoms with E-state index in [1.807, 2.05) is 48.5 Å². The summed E-state index contributed by atoms with van der Waals surface area (Å²) >= 11 is 0. The molecule has 0 bridgehead atoms. The third kappa shape index (κ3) is 3.65. The molecule has 2 fully saturated rings. The van der Waals surface area contributed by atoms with Gasteiger partial charge in [-0.2, -0.15) is 0 Å². The van der Waals surface area contributed by atoms with Crippen molar-refractivity contribution in [3.8, 4) is 0 Å². The number of hydrogen-bond donors (Lipinski definition) is 0. The summed E-state index contributed by atoms with van der Waals surface area (Å²) in [6.45, 7) is 3.00. The molecule has 1 aromatic heterocycles. The number of aromatic nitrogens is 1. The quantitative estimate of drug-likeness (QED) is 0.801. The third-order valence-corrected chi connectivity index (χ3v) is 5.96. The number of ether oxygens (including phenoxy) is 1. The van der Waals surface area contributed by atoms with Crippen molar-refractivity contribution in [3.63, 3.8) is 0 Å². The maximum absolute atomic E-state index is 12.8. The SMILES string of the molecule is O=C(Cc1ccccc1)N1C[C@@H]2CCC[C@]2(COCc2ccccn2)C1. The fraction of sp³-hybridized carbons (Fsp3) is 0.455. The topological polar surface area (TPSA) is 42.4 Å². The maximum Gasteiger partial charge on any atom is 0.227 e. The summed E-state index contributed by atoms with van der Waals surface area (Å²) in [7, 11) is 0. The van der Waals surface area contributed by atoms with Crippen LogP contribution in [-0.4, -0.2) is 35.5 Å². The summed E-state index contributed by atoms with van der Waals surface area (Å²) in [6, 6.07) is 15.9. The van der Waals surface area contributed by atoms with Gasteiger partial charge in [-0.3, -0.25) is 9.78 Å². The van der Waals surface area contributed by atoms with Gasteiger partial charge in [-0.15, -0.1) is 0 Å². The lowest BCUT2D eigenvalue weighted by atomic mass is 9.81. The lowest BCUT2D eigenvalue weighted by Crippen LogP contribution is -2.35. The second kappa shape index (κ2) is 7.58. The van der Waals surface area contributed by atoms with Crippen LogP contribution in [0.5, 0.6) is 0 Å². The average molecular weight is 350 g/mol. The van der Waals surface area contributed by atoms with Gasteiger partial charge in [0.1, 0.15) is 0 Å². The smallest absolute Gasteiger partial charge is 0.227 e. The van der Waals surface area contributed by atoms with Gasteiger partial charge in [0, 0.05) is 24.7 Å². The number of carbonyl (C=O) groups excluding carboxylic acids is 1. The number of nitrogens with zero attached hydrogens (tertiary/aromatic N) is 2. The van der Waals surface area contributed by atoms with E-state index in [9.17, 15) is 4.79 Å². The highest BCUT2D eigenvalue weighted by molar-refractivity contribution is 5.79. The maximum atomic E-state index is 12.8. The van der Waals surface area contributed by atoms with Gasteiger partial charge < -0.3 is 9.64 Å². The van der Waals surface area contributed by atoms with Crippen molar-refractivity contribution in [1.82, 2.24) is 9.88 Å². The summed E-state index contributed by atoms with van der Waals surface area (Å²) in [6.07, 6.45) is 5.92. The van der Waals surface area contributed by atoms with Gasteiger partial charge in [0.15, 0.2) is 0 Å². The Morgan fingerprint density at radius 3 is 2.85 bits per heavy atom. The first-order chi connectivity index (χ1) is 12.8. The minimum absolute atomic E-state index is 0.140. The van der Waals surface area contributed by atoms with Gasteiger partial charge in [-0.05, 0) is 36.5 Å². The molecule has 0 radical (unpaired) electrons. The van der Waals surface area contributed by atoms with Crippen LogP contribution >= 0.6 is 0 Å². The van der Waals surface area contributed by atoms with E-state index in [2.05, 4.69) is 9.88 Å². The van der Waals surface area contributed by atoms with Crippen LogP contribution < -0.4 is 0 Å². The van der Waals surface area contributed by atoms with Gasteiger partial charge in [0.05, 0.1) is 25.3 Å². The minimum Gasteiger partial charge on any atom is -0.375 e. The molecule has 1 aliphatic carbocycles. The fourth-order valence-corrected chi connectivity index (χ4v) is 4.56. The van der Waals surface area contributed by atoms with Crippen LogP contribution in [0.2, 0.25) is 0 Å². The predicted molar refractivity (Wildman–Crippen MR) is 100 cm³/mol. The molecule has 0 spiro atoms. The fourth-order valence-electron chi connectivity index (χ4n) is 4.56. The number of pyridine rings is 1. The van der Waals surface area contributed by atoms with Crippen LogP contribution in [0.3, 0.4) is 0 Å². The molecule has 2 atom stereocenters. The van der Waals surface area contributed by atoms with Gasteiger partial charge >= 0.3 is 0 Å². The standard InChI is InChI=1S/C22H26N2O2/c25-21(13-18-7-2-1-3-8-18)24-14-19-9-6-11-22(19,16-24)17-26-15-20-10-4-5-12-23-20/h1-5,7-8,10,12,19H,6,9,11,13-17H2/t19-,22+/m0/s1. The zero-order valence-corrected chi connectivity index (χ0v) is 15.1. The van der Waals surface area contributed by atoms with E-state index in [4.69, 9.17) is 4.74 Å². The Morgan fingerprint density at radius 1 is 1.19 bits per heavy atom. The van der Waals surface area contributed by atoms with Crippen molar-refractivity contribution in [2.24, 2.45) is 11.3 Å². The molecule has 1 aliphatic heterocycles. The van der Waals surface area contributed by atoms with Crippen molar-refractivity contribution in [2.45, 2.75) is 32.3 Å². The van der Waals surface area contributed by atoms with Crippen molar-refractivity contribution >= 4 is 5.91 Å². The Labute approximate surface area is 155 Å². The lowest BCUT2D eigenvalue weighted by Gasteiger charge is -2.28. The normalized spacial score (nSPS) is 24.6. The van der Waals surface area contributed by atoms with Crippen molar-refractivity contribution in [1.29, 1.82) is 0 Å². The first-order valence-corrected chi connectivity index (χ1v) is 9.55. The number of fused-ring (bicyclic) bond motifs is 1. The third-order valence-electron chi connectivity index (χ3n) is 5.96. The van der Waals surface area contributed by atoms with Crippen LogP contribution in [-0.2, 0) is 22.6 Å². The largest absolute Gasteiger partial charge is 0.375 e. The predicted octanol–water partition coefficient (Wildman–Crippen LogP) is 3.47. The summed E-state index contributed by atoms with van der Waals surface area (Å²) in [5.41, 5.74) is 2.20. The highest BCUT2D eigenvalue weighted by Crippen LogP contribution is 2.49. The second-order valence-corrected chi connectivity index (χ2v) is 7.70. The van der Waals surface area contributed by atoms with Crippen LogP contribution in [0.1, 0.15) is 30.5 Å². The van der Waals surface area contributed by atoms with Crippen LogP contribution in [0.25, 0.3) is 0 Å². The molecule has 4 nitrogen and oxygen atoms in total. The number of amides is 1. The van der Waals surface area contributed by atoms with Gasteiger partial charge in [-0.1, -0.05) is 42.8 Å². The molecule has 1 amide bonds. The zero-order valence-electron chi connectivity index (χ0n) is 15.1. The molecule has 136 valence electrons. The highest BCUT2D eigenvalue weighted by Gasteiger charge is 2.50. The monoisotopic (exact) mass is 350 g/mol. The molecule has 0 N–H and O–H groups in total. The van der Waals surface area contributed by atoms with Gasteiger partial charge in [0.25, 0.3) is 0 Å². The summed E-state index contributed by atoms with van der Waals surface area (Å²) < 4.78 is 6.05. The van der Waals surface area contributed by atoms with Crippen molar-refractivity contribution in [2.75, 3.05) is 19.7 Å². The van der Waals surface area contributed by atoms with E-state index >= 15 is 0 Å². The first kappa shape index (κ1) is 17.2. The van der Waals surface area contributed by atoms with Crippen molar-refractivity contribution < 1.29 is 9.53 Å². The molecular formula is C22H26N2O2. The first-order valence-electron chi connectivity index (χ1n) is 9.55. The van der Waals surface area contributed by atoms with Crippen LogP contribution in [0.4, 0.5) is 0 Å².